The molecule has 0 aromatic heterocycles. The number of phenolic OH excluding ortho intramolecular Hbond substituents is 1. The van der Waals surface area contributed by atoms with E-state index in [1.54, 1.807) is 0 Å². The number of aromatic hydroxyl groups is 1. The number of benzene rings is 1. The topological polar surface area (TPSA) is 75.8 Å². The number of rotatable bonds is 2. The van der Waals surface area contributed by atoms with E-state index < -0.39 is 4.92 Å². The fourth-order valence-corrected chi connectivity index (χ4v) is 2.08. The molecule has 0 unspecified atom stereocenters. The number of nitro benzene ring substituents is 1. The summed E-state index contributed by atoms with van der Waals surface area (Å²) in [5.74, 6) is -0.00269. The summed E-state index contributed by atoms with van der Waals surface area (Å²) in [5.41, 5.74) is 0.413. The number of nitro groups is 1. The lowest BCUT2D eigenvalue weighted by Crippen LogP contribution is -2.36. The number of halogens is 1. The van der Waals surface area contributed by atoms with Crippen molar-refractivity contribution in [1.82, 2.24) is 0 Å². The number of hydrogen-bond acceptors (Lipinski definition) is 5. The molecular formula is C10H11BrN2O4. The Morgan fingerprint density at radius 3 is 2.65 bits per heavy atom. The molecule has 17 heavy (non-hydrogen) atoms. The third kappa shape index (κ3) is 2.50. The summed E-state index contributed by atoms with van der Waals surface area (Å²) in [5, 5.41) is 20.6. The van der Waals surface area contributed by atoms with Crippen LogP contribution in [0.3, 0.4) is 0 Å². The Morgan fingerprint density at radius 2 is 2.06 bits per heavy atom. The first-order valence-corrected chi connectivity index (χ1v) is 5.88. The largest absolute Gasteiger partial charge is 0.507 e. The molecule has 92 valence electrons. The molecule has 1 N–H and O–H groups in total. The number of anilines is 1. The van der Waals surface area contributed by atoms with Gasteiger partial charge in [-0.25, -0.2) is 0 Å². The average molecular weight is 303 g/mol. The van der Waals surface area contributed by atoms with Gasteiger partial charge in [-0.05, 0) is 15.9 Å². The second kappa shape index (κ2) is 4.89. The summed E-state index contributed by atoms with van der Waals surface area (Å²) in [6, 6.07) is 2.73. The molecule has 7 heteroatoms. The quantitative estimate of drug-likeness (QED) is 0.667. The molecule has 0 amide bonds. The van der Waals surface area contributed by atoms with E-state index in [0.717, 1.165) is 0 Å². The minimum atomic E-state index is -0.449. The van der Waals surface area contributed by atoms with Gasteiger partial charge in [0.2, 0.25) is 0 Å². The van der Waals surface area contributed by atoms with Crippen LogP contribution >= 0.6 is 15.9 Å². The number of phenols is 1. The highest BCUT2D eigenvalue weighted by Crippen LogP contribution is 2.37. The van der Waals surface area contributed by atoms with Gasteiger partial charge in [-0.1, -0.05) is 0 Å². The van der Waals surface area contributed by atoms with Gasteiger partial charge in [-0.3, -0.25) is 10.1 Å². The molecule has 0 radical (unpaired) electrons. The predicted molar refractivity (Wildman–Crippen MR) is 65.5 cm³/mol. The molecule has 1 aliphatic rings. The van der Waals surface area contributed by atoms with E-state index in [0.29, 0.717) is 36.5 Å². The molecule has 6 nitrogen and oxygen atoms in total. The van der Waals surface area contributed by atoms with E-state index in [9.17, 15) is 15.2 Å². The van der Waals surface area contributed by atoms with Crippen LogP contribution in [0.15, 0.2) is 16.6 Å². The fraction of sp³-hybridized carbons (Fsp3) is 0.400. The Hall–Kier alpha value is -1.34. The lowest BCUT2D eigenvalue weighted by Gasteiger charge is -2.28. The van der Waals surface area contributed by atoms with Crippen LogP contribution in [-0.2, 0) is 4.74 Å². The SMILES string of the molecule is O=[N+]([O-])c1cc(Br)c(O)cc1N1CCOCC1. The number of ether oxygens (including phenoxy) is 1. The smallest absolute Gasteiger partial charge is 0.293 e. The van der Waals surface area contributed by atoms with Crippen molar-refractivity contribution in [3.05, 3.63) is 26.7 Å². The maximum Gasteiger partial charge on any atom is 0.293 e. The van der Waals surface area contributed by atoms with Crippen LogP contribution in [0.25, 0.3) is 0 Å². The predicted octanol–water partition coefficient (Wildman–Crippen LogP) is 1.90. The zero-order valence-electron chi connectivity index (χ0n) is 8.93. The van der Waals surface area contributed by atoms with Gasteiger partial charge in [-0.15, -0.1) is 0 Å². The first-order valence-electron chi connectivity index (χ1n) is 5.09. The van der Waals surface area contributed by atoms with Crippen LogP contribution < -0.4 is 4.90 Å². The third-order valence-corrected chi connectivity index (χ3v) is 3.23. The maximum atomic E-state index is 11.0. The van der Waals surface area contributed by atoms with Gasteiger partial charge in [0.1, 0.15) is 11.4 Å². The standard InChI is InChI=1S/C10H11BrN2O4/c11-7-5-9(13(15)16)8(6-10(7)14)12-1-3-17-4-2-12/h5-6,14H,1-4H2. The molecule has 1 aromatic carbocycles. The minimum absolute atomic E-state index is 0.00269. The van der Waals surface area contributed by atoms with Gasteiger partial charge in [0.05, 0.1) is 22.6 Å². The third-order valence-electron chi connectivity index (χ3n) is 2.59. The highest BCUT2D eigenvalue weighted by atomic mass is 79.9. The number of nitrogens with zero attached hydrogens (tertiary/aromatic N) is 2. The van der Waals surface area contributed by atoms with E-state index in [1.807, 2.05) is 4.90 Å². The van der Waals surface area contributed by atoms with E-state index >= 15 is 0 Å². The minimum Gasteiger partial charge on any atom is -0.507 e. The van der Waals surface area contributed by atoms with Crippen molar-refractivity contribution >= 4 is 27.3 Å². The molecule has 1 heterocycles. The van der Waals surface area contributed by atoms with Crippen LogP contribution in [0.1, 0.15) is 0 Å². The van der Waals surface area contributed by atoms with Crippen molar-refractivity contribution in [2.75, 3.05) is 31.2 Å². The molecule has 0 bridgehead atoms. The first-order chi connectivity index (χ1) is 8.09. The molecule has 0 saturated carbocycles. The molecule has 1 saturated heterocycles. The van der Waals surface area contributed by atoms with Crippen molar-refractivity contribution in [2.45, 2.75) is 0 Å². The Morgan fingerprint density at radius 1 is 1.41 bits per heavy atom. The van der Waals surface area contributed by atoms with Crippen LogP contribution in [-0.4, -0.2) is 36.3 Å². The normalized spacial score (nSPS) is 15.9. The summed E-state index contributed by atoms with van der Waals surface area (Å²) >= 11 is 3.07. The maximum absolute atomic E-state index is 11.0. The highest BCUT2D eigenvalue weighted by molar-refractivity contribution is 9.10. The molecule has 1 aliphatic heterocycles. The molecule has 2 rings (SSSR count). The first kappa shape index (κ1) is 12.1. The Kier molecular flexibility index (Phi) is 3.49. The van der Waals surface area contributed by atoms with E-state index in [-0.39, 0.29) is 11.4 Å². The van der Waals surface area contributed by atoms with Crippen LogP contribution in [0.2, 0.25) is 0 Å². The molecule has 1 fully saturated rings. The lowest BCUT2D eigenvalue weighted by molar-refractivity contribution is -0.384. The van der Waals surface area contributed by atoms with Gasteiger partial charge in [0.15, 0.2) is 0 Å². The second-order valence-electron chi connectivity index (χ2n) is 3.65. The van der Waals surface area contributed by atoms with Gasteiger partial charge in [0.25, 0.3) is 5.69 Å². The number of hydrogen-bond donors (Lipinski definition) is 1. The van der Waals surface area contributed by atoms with Crippen LogP contribution in [0.5, 0.6) is 5.75 Å². The monoisotopic (exact) mass is 302 g/mol. The van der Waals surface area contributed by atoms with Gasteiger partial charge < -0.3 is 14.7 Å². The summed E-state index contributed by atoms with van der Waals surface area (Å²) in [6.07, 6.45) is 0. The fourth-order valence-electron chi connectivity index (χ4n) is 1.74. The van der Waals surface area contributed by atoms with E-state index in [4.69, 9.17) is 4.74 Å². The van der Waals surface area contributed by atoms with Crippen molar-refractivity contribution < 1.29 is 14.8 Å². The van der Waals surface area contributed by atoms with Crippen molar-refractivity contribution in [3.63, 3.8) is 0 Å². The van der Waals surface area contributed by atoms with Gasteiger partial charge in [-0.2, -0.15) is 0 Å². The van der Waals surface area contributed by atoms with Crippen molar-refractivity contribution in [1.29, 1.82) is 0 Å². The van der Waals surface area contributed by atoms with Crippen LogP contribution in [0.4, 0.5) is 11.4 Å². The Labute approximate surface area is 106 Å². The summed E-state index contributed by atoms with van der Waals surface area (Å²) in [6.45, 7) is 2.24. The lowest BCUT2D eigenvalue weighted by atomic mass is 10.2. The molecular weight excluding hydrogens is 292 g/mol. The van der Waals surface area contributed by atoms with Gasteiger partial charge in [0, 0.05) is 25.2 Å². The molecule has 0 spiro atoms. The Balaban J connectivity index is 2.42. The van der Waals surface area contributed by atoms with Crippen LogP contribution in [0, 0.1) is 10.1 Å². The summed E-state index contributed by atoms with van der Waals surface area (Å²) in [4.78, 5) is 12.4. The molecule has 0 atom stereocenters. The highest BCUT2D eigenvalue weighted by Gasteiger charge is 2.23. The van der Waals surface area contributed by atoms with Crippen molar-refractivity contribution in [3.8, 4) is 5.75 Å². The van der Waals surface area contributed by atoms with E-state index in [2.05, 4.69) is 15.9 Å². The van der Waals surface area contributed by atoms with Crippen molar-refractivity contribution in [2.24, 2.45) is 0 Å². The summed E-state index contributed by atoms with van der Waals surface area (Å²) < 4.78 is 5.51. The average Bonchev–Trinajstić information content (AvgIpc) is 2.33. The van der Waals surface area contributed by atoms with Gasteiger partial charge >= 0.3 is 0 Å². The second-order valence-corrected chi connectivity index (χ2v) is 4.50. The molecule has 0 aliphatic carbocycles. The number of morpholine rings is 1. The zero-order chi connectivity index (χ0) is 12.4. The zero-order valence-corrected chi connectivity index (χ0v) is 10.5. The van der Waals surface area contributed by atoms with E-state index in [1.165, 1.54) is 12.1 Å². The summed E-state index contributed by atoms with van der Waals surface area (Å²) in [7, 11) is 0. The molecule has 1 aromatic rings. The Bertz CT molecular complexity index is 446.